The molecule has 4 heterocycles. The molecule has 7 N–H and O–H groups in total. The van der Waals surface area contributed by atoms with E-state index >= 15 is 0 Å². The lowest BCUT2D eigenvalue weighted by molar-refractivity contribution is -0.143. The SMILES string of the molecule is O=C1N[C@H](Cc2ccc(-c3cccc(C[C@@H]4NC(=O)[C@@H](Cc5ccccc5Br)NC(=O)[C@H](Cc5ccccc5)NC(=O)[C@H]5CCCN5C4=O)c3)c(O)c2)C(=O)N[C@@H](Cc2ccccc2)C(=O)N2CCC[C@@H]2C(=O)N[C@H]1Cc1ccccc1. The molecule has 8 amide bonds. The van der Waals surface area contributed by atoms with E-state index in [1.165, 1.54) is 15.9 Å². The molecule has 4 saturated heterocycles. The highest BCUT2D eigenvalue weighted by atomic mass is 79.9. The molecular formula is C64H65BrN8O9. The molecule has 0 saturated carbocycles. The highest BCUT2D eigenvalue weighted by molar-refractivity contribution is 9.10. The Balaban J connectivity index is 0.914. The molecule has 0 unspecified atom stereocenters. The first-order valence-corrected chi connectivity index (χ1v) is 28.7. The Morgan fingerprint density at radius 2 is 0.768 bits per heavy atom. The van der Waals surface area contributed by atoms with Gasteiger partial charge in [0.2, 0.25) is 47.3 Å². The summed E-state index contributed by atoms with van der Waals surface area (Å²) in [6, 6.07) is 38.6. The minimum absolute atomic E-state index is 0.0111. The minimum atomic E-state index is -1.26. The van der Waals surface area contributed by atoms with Crippen LogP contribution in [-0.2, 0) is 76.9 Å². The summed E-state index contributed by atoms with van der Waals surface area (Å²) in [6.45, 7) is 0.577. The molecule has 0 radical (unpaired) electrons. The molecular weight excluding hydrogens is 1100 g/mol. The zero-order valence-electron chi connectivity index (χ0n) is 45.1. The molecule has 0 aliphatic carbocycles. The van der Waals surface area contributed by atoms with E-state index in [9.17, 15) is 43.5 Å². The number of fused-ring (bicyclic) bond motifs is 2. The Morgan fingerprint density at radius 3 is 1.24 bits per heavy atom. The molecule has 4 aliphatic heterocycles. The largest absolute Gasteiger partial charge is 0.507 e. The number of halogens is 1. The molecule has 0 aromatic heterocycles. The monoisotopic (exact) mass is 1170 g/mol. The van der Waals surface area contributed by atoms with Crippen molar-refractivity contribution >= 4 is 63.2 Å². The van der Waals surface area contributed by atoms with Gasteiger partial charge in [-0.2, -0.15) is 0 Å². The molecule has 4 fully saturated rings. The molecule has 6 aromatic rings. The molecule has 18 heteroatoms. The molecule has 17 nitrogen and oxygen atoms in total. The highest BCUT2D eigenvalue weighted by Gasteiger charge is 2.43. The van der Waals surface area contributed by atoms with Crippen molar-refractivity contribution in [2.45, 2.75) is 113 Å². The average Bonchev–Trinajstić information content (AvgIpc) is 4.34. The van der Waals surface area contributed by atoms with E-state index in [0.29, 0.717) is 54.5 Å². The maximum absolute atomic E-state index is 14.8. The molecule has 422 valence electrons. The second kappa shape index (κ2) is 25.9. The molecule has 8 atom stereocenters. The Bertz CT molecular complexity index is 3350. The van der Waals surface area contributed by atoms with Gasteiger partial charge in [0.1, 0.15) is 54.1 Å². The van der Waals surface area contributed by atoms with Gasteiger partial charge in [-0.3, -0.25) is 38.4 Å². The first kappa shape index (κ1) is 56.6. The van der Waals surface area contributed by atoms with Gasteiger partial charge in [-0.05, 0) is 76.8 Å². The van der Waals surface area contributed by atoms with Crippen molar-refractivity contribution in [1.29, 1.82) is 0 Å². The summed E-state index contributed by atoms with van der Waals surface area (Å²) < 4.78 is 0.723. The zero-order chi connectivity index (χ0) is 57.3. The number of carbonyl (C=O) groups excluding carboxylic acids is 8. The highest BCUT2D eigenvalue weighted by Crippen LogP contribution is 2.32. The van der Waals surface area contributed by atoms with Gasteiger partial charge in [-0.1, -0.05) is 162 Å². The summed E-state index contributed by atoms with van der Waals surface area (Å²) in [6.07, 6.45) is 2.25. The van der Waals surface area contributed by atoms with E-state index < -0.39 is 95.6 Å². The molecule has 4 aliphatic rings. The second-order valence-corrected chi connectivity index (χ2v) is 22.4. The third-order valence-corrected chi connectivity index (χ3v) is 16.6. The van der Waals surface area contributed by atoms with E-state index in [-0.39, 0.29) is 50.8 Å². The van der Waals surface area contributed by atoms with Gasteiger partial charge in [0.25, 0.3) is 0 Å². The number of rotatable bonds is 13. The minimum Gasteiger partial charge on any atom is -0.507 e. The van der Waals surface area contributed by atoms with Crippen LogP contribution in [0.5, 0.6) is 5.75 Å². The predicted octanol–water partition coefficient (Wildman–Crippen LogP) is 4.80. The summed E-state index contributed by atoms with van der Waals surface area (Å²) in [4.78, 5) is 118. The molecule has 6 aromatic carbocycles. The normalized spacial score (nSPS) is 23.7. The van der Waals surface area contributed by atoms with Crippen LogP contribution < -0.4 is 31.9 Å². The van der Waals surface area contributed by atoms with E-state index in [1.54, 1.807) is 36.4 Å². The Hall–Kier alpha value is -8.64. The van der Waals surface area contributed by atoms with Gasteiger partial charge < -0.3 is 46.8 Å². The number of nitrogens with one attached hydrogen (secondary N) is 6. The smallest absolute Gasteiger partial charge is 0.246 e. The van der Waals surface area contributed by atoms with Crippen LogP contribution in [0.4, 0.5) is 0 Å². The summed E-state index contributed by atoms with van der Waals surface area (Å²) in [5.41, 5.74) is 5.17. The van der Waals surface area contributed by atoms with Crippen LogP contribution in [0.3, 0.4) is 0 Å². The van der Waals surface area contributed by atoms with Crippen LogP contribution in [0.15, 0.2) is 162 Å². The second-order valence-electron chi connectivity index (χ2n) is 21.6. The van der Waals surface area contributed by atoms with Crippen LogP contribution in [0.2, 0.25) is 0 Å². The van der Waals surface area contributed by atoms with Crippen molar-refractivity contribution in [3.63, 3.8) is 0 Å². The van der Waals surface area contributed by atoms with E-state index in [1.807, 2.05) is 115 Å². The van der Waals surface area contributed by atoms with Crippen molar-refractivity contribution in [2.75, 3.05) is 13.1 Å². The van der Waals surface area contributed by atoms with Crippen molar-refractivity contribution < 1.29 is 43.5 Å². The van der Waals surface area contributed by atoms with Gasteiger partial charge in [0, 0.05) is 61.7 Å². The molecule has 10 rings (SSSR count). The van der Waals surface area contributed by atoms with Crippen molar-refractivity contribution in [3.8, 4) is 16.9 Å². The Labute approximate surface area is 484 Å². The first-order chi connectivity index (χ1) is 39.7. The summed E-state index contributed by atoms with van der Waals surface area (Å²) in [5, 5.41) is 29.4. The number of benzene rings is 6. The van der Waals surface area contributed by atoms with Crippen LogP contribution >= 0.6 is 15.9 Å². The zero-order valence-corrected chi connectivity index (χ0v) is 46.7. The third-order valence-electron chi connectivity index (χ3n) is 15.8. The number of aromatic hydroxyl groups is 1. The van der Waals surface area contributed by atoms with Crippen molar-refractivity contribution in [3.05, 3.63) is 196 Å². The fraction of sp³-hybridized carbons (Fsp3) is 0.312. The van der Waals surface area contributed by atoms with Crippen molar-refractivity contribution in [2.24, 2.45) is 0 Å². The number of phenols is 1. The van der Waals surface area contributed by atoms with E-state index in [2.05, 4.69) is 47.8 Å². The van der Waals surface area contributed by atoms with E-state index in [4.69, 9.17) is 0 Å². The number of nitrogens with zero attached hydrogens (tertiary/aromatic N) is 2. The molecule has 82 heavy (non-hydrogen) atoms. The first-order valence-electron chi connectivity index (χ1n) is 27.9. The Morgan fingerprint density at radius 1 is 0.390 bits per heavy atom. The molecule has 0 bridgehead atoms. The lowest BCUT2D eigenvalue weighted by Gasteiger charge is -2.32. The quantitative estimate of drug-likeness (QED) is 0.0841. The van der Waals surface area contributed by atoms with Crippen LogP contribution in [0.25, 0.3) is 11.1 Å². The maximum Gasteiger partial charge on any atom is 0.246 e. The van der Waals surface area contributed by atoms with E-state index in [0.717, 1.165) is 26.7 Å². The van der Waals surface area contributed by atoms with Gasteiger partial charge in [0.15, 0.2) is 0 Å². The topological polar surface area (TPSA) is 235 Å². The van der Waals surface area contributed by atoms with Gasteiger partial charge in [-0.15, -0.1) is 0 Å². The number of hydrogen-bond donors (Lipinski definition) is 7. The number of hydrogen-bond acceptors (Lipinski definition) is 9. The summed E-state index contributed by atoms with van der Waals surface area (Å²) in [5.74, 6) is -4.28. The lowest BCUT2D eigenvalue weighted by Crippen LogP contribution is -2.62. The number of phenolic OH excluding ortho intramolecular Hbond substituents is 1. The van der Waals surface area contributed by atoms with Crippen molar-refractivity contribution in [1.82, 2.24) is 41.7 Å². The average molecular weight is 1170 g/mol. The summed E-state index contributed by atoms with van der Waals surface area (Å²) >= 11 is 3.58. The standard InChI is InChI=1S/C64H65BrN8O9/c65-47-24-11-10-22-45(47)38-51-60(78)71-53(64(82)73-30-14-26-55(73)62(80)69-49(58(76)67-51)33-40-17-6-2-7-18-40)36-42-21-12-23-44(31-42)46-28-27-43(37-56(46)74)35-50-59(77)70-52(34-41-19-8-3-9-20-41)63(81)72-29-13-25-54(72)61(79)68-48(57(75)66-50)32-39-15-4-1-5-16-39/h1-12,15-24,27-28,31,37,48-55,74H,13-14,25-26,29-30,32-36,38H2,(H,66,75)(H,67,76)(H,68,79)(H,69,80)(H,70,77)(H,71,78)/t48-,49-,50+,51+,52-,53-,54+,55+/m0/s1. The fourth-order valence-corrected chi connectivity index (χ4v) is 12.0. The van der Waals surface area contributed by atoms with Crippen LogP contribution in [0, 0.1) is 0 Å². The number of carbonyl (C=O) groups is 8. The maximum atomic E-state index is 14.8. The van der Waals surface area contributed by atoms with Gasteiger partial charge in [0.05, 0.1) is 0 Å². The lowest BCUT2D eigenvalue weighted by atomic mass is 9.95. The van der Waals surface area contributed by atoms with Crippen LogP contribution in [0.1, 0.15) is 59.1 Å². The Kier molecular flexibility index (Phi) is 17.9. The fourth-order valence-electron chi connectivity index (χ4n) is 11.6. The third kappa shape index (κ3) is 13.6. The number of amides is 8. The van der Waals surface area contributed by atoms with Crippen LogP contribution in [-0.4, -0.2) is 124 Å². The molecule has 0 spiro atoms. The summed E-state index contributed by atoms with van der Waals surface area (Å²) in [7, 11) is 0. The van der Waals surface area contributed by atoms with Gasteiger partial charge in [-0.25, -0.2) is 0 Å². The van der Waals surface area contributed by atoms with Gasteiger partial charge >= 0.3 is 0 Å². The predicted molar refractivity (Wildman–Crippen MR) is 310 cm³/mol.